The fourth-order valence-electron chi connectivity index (χ4n) is 4.88. The molecule has 2 fully saturated rings. The van der Waals surface area contributed by atoms with Crippen LogP contribution in [0.25, 0.3) is 33.3 Å². The van der Waals surface area contributed by atoms with Crippen molar-refractivity contribution < 1.29 is 9.53 Å². The quantitative estimate of drug-likeness (QED) is 0.496. The predicted molar refractivity (Wildman–Crippen MR) is 129 cm³/mol. The van der Waals surface area contributed by atoms with Crippen LogP contribution in [0.4, 0.5) is 5.95 Å². The molecule has 2 aliphatic rings. The zero-order chi connectivity index (χ0) is 23.1. The maximum Gasteiger partial charge on any atom is 0.249 e. The number of fused-ring (bicyclic) bond motifs is 2. The minimum absolute atomic E-state index is 0.00937. The molecule has 5 heterocycles. The first-order chi connectivity index (χ1) is 16.7. The van der Waals surface area contributed by atoms with Crippen molar-refractivity contribution in [1.82, 2.24) is 34.6 Å². The summed E-state index contributed by atoms with van der Waals surface area (Å²) in [6.07, 6.45) is 5.95. The SMILES string of the molecule is CN1CCC(CC(=O)n2ncc3c(-c4ccc5[nH]cnc5c4)nc(N4CCOCC4)nc32)CC1. The van der Waals surface area contributed by atoms with Crippen molar-refractivity contribution in [2.24, 2.45) is 5.92 Å². The van der Waals surface area contributed by atoms with Gasteiger partial charge in [0.25, 0.3) is 0 Å². The highest BCUT2D eigenvalue weighted by molar-refractivity contribution is 5.97. The molecule has 0 saturated carbocycles. The number of anilines is 1. The van der Waals surface area contributed by atoms with Gasteiger partial charge in [-0.15, -0.1) is 0 Å². The molecule has 0 aliphatic carbocycles. The topological polar surface area (TPSA) is 105 Å². The number of hydrogen-bond donors (Lipinski definition) is 1. The number of piperidine rings is 1. The molecule has 0 unspecified atom stereocenters. The Labute approximate surface area is 196 Å². The molecule has 0 atom stereocenters. The summed E-state index contributed by atoms with van der Waals surface area (Å²) in [5.41, 5.74) is 4.07. The molecule has 1 aromatic carbocycles. The Morgan fingerprint density at radius 3 is 2.79 bits per heavy atom. The summed E-state index contributed by atoms with van der Waals surface area (Å²) >= 11 is 0. The number of nitrogens with zero attached hydrogens (tertiary/aromatic N) is 7. The Morgan fingerprint density at radius 2 is 1.97 bits per heavy atom. The summed E-state index contributed by atoms with van der Waals surface area (Å²) in [6.45, 7) is 4.73. The number of morpholine rings is 1. The lowest BCUT2D eigenvalue weighted by atomic mass is 9.93. The largest absolute Gasteiger partial charge is 0.378 e. The maximum atomic E-state index is 13.3. The molecule has 0 bridgehead atoms. The fraction of sp³-hybridized carbons (Fsp3) is 0.458. The molecule has 2 aliphatic heterocycles. The molecular formula is C24H28N8O2. The van der Waals surface area contributed by atoms with Gasteiger partial charge in [-0.1, -0.05) is 6.07 Å². The number of hydrogen-bond acceptors (Lipinski definition) is 8. The van der Waals surface area contributed by atoms with Gasteiger partial charge in [0.2, 0.25) is 11.9 Å². The van der Waals surface area contributed by atoms with E-state index in [1.165, 1.54) is 4.68 Å². The van der Waals surface area contributed by atoms with E-state index in [4.69, 9.17) is 14.7 Å². The number of aromatic nitrogens is 6. The van der Waals surface area contributed by atoms with Crippen LogP contribution < -0.4 is 4.90 Å². The summed E-state index contributed by atoms with van der Waals surface area (Å²) in [5, 5.41) is 5.26. The number of carbonyl (C=O) groups is 1. The van der Waals surface area contributed by atoms with E-state index in [2.05, 4.69) is 31.9 Å². The summed E-state index contributed by atoms with van der Waals surface area (Å²) in [5.74, 6) is 0.969. The van der Waals surface area contributed by atoms with Crippen LogP contribution in [-0.2, 0) is 4.74 Å². The number of ether oxygens (including phenoxy) is 1. The fourth-order valence-corrected chi connectivity index (χ4v) is 4.88. The van der Waals surface area contributed by atoms with Crippen molar-refractivity contribution in [3.8, 4) is 11.3 Å². The van der Waals surface area contributed by atoms with Crippen molar-refractivity contribution in [3.05, 3.63) is 30.7 Å². The van der Waals surface area contributed by atoms with Crippen molar-refractivity contribution >= 4 is 33.9 Å². The van der Waals surface area contributed by atoms with Gasteiger partial charge >= 0.3 is 0 Å². The van der Waals surface area contributed by atoms with Gasteiger partial charge in [0.15, 0.2) is 5.65 Å². The van der Waals surface area contributed by atoms with Gasteiger partial charge in [0.05, 0.1) is 47.9 Å². The van der Waals surface area contributed by atoms with Gasteiger partial charge in [0, 0.05) is 25.1 Å². The van der Waals surface area contributed by atoms with Crippen LogP contribution in [0.5, 0.6) is 0 Å². The third-order valence-corrected chi connectivity index (χ3v) is 6.94. The minimum atomic E-state index is -0.00937. The lowest BCUT2D eigenvalue weighted by Gasteiger charge is -2.28. The van der Waals surface area contributed by atoms with Crippen LogP contribution in [0.1, 0.15) is 24.1 Å². The molecule has 1 N–H and O–H groups in total. The molecule has 4 aromatic rings. The number of likely N-dealkylation sites (tertiary alicyclic amines) is 1. The number of nitrogens with one attached hydrogen (secondary N) is 1. The number of aromatic amines is 1. The Morgan fingerprint density at radius 1 is 1.15 bits per heavy atom. The molecule has 3 aromatic heterocycles. The molecule has 0 radical (unpaired) electrons. The van der Waals surface area contributed by atoms with E-state index in [0.717, 1.165) is 53.6 Å². The monoisotopic (exact) mass is 460 g/mol. The zero-order valence-electron chi connectivity index (χ0n) is 19.3. The first-order valence-electron chi connectivity index (χ1n) is 11.9. The molecule has 2 saturated heterocycles. The highest BCUT2D eigenvalue weighted by Gasteiger charge is 2.25. The first kappa shape index (κ1) is 21.2. The predicted octanol–water partition coefficient (Wildman–Crippen LogP) is 2.58. The first-order valence-corrected chi connectivity index (χ1v) is 11.9. The third kappa shape index (κ3) is 3.92. The highest BCUT2D eigenvalue weighted by atomic mass is 16.5. The van der Waals surface area contributed by atoms with Gasteiger partial charge in [-0.05, 0) is 51.0 Å². The maximum absolute atomic E-state index is 13.3. The Bertz CT molecular complexity index is 1330. The second-order valence-corrected chi connectivity index (χ2v) is 9.24. The second-order valence-electron chi connectivity index (χ2n) is 9.24. The smallest absolute Gasteiger partial charge is 0.249 e. The van der Waals surface area contributed by atoms with Crippen LogP contribution in [0, 0.1) is 5.92 Å². The van der Waals surface area contributed by atoms with Gasteiger partial charge in [0.1, 0.15) is 0 Å². The average molecular weight is 461 g/mol. The standard InChI is InChI=1S/C24H28N8O2/c1-30-6-4-16(5-7-30)12-21(33)32-23-18(14-27-32)22(17-2-3-19-20(13-17)26-15-25-19)28-24(29-23)31-8-10-34-11-9-31/h2-3,13-16H,4-12H2,1H3,(H,25,26). The number of rotatable bonds is 4. The summed E-state index contributed by atoms with van der Waals surface area (Å²) in [6, 6.07) is 6.02. The van der Waals surface area contributed by atoms with E-state index in [1.807, 2.05) is 18.2 Å². The van der Waals surface area contributed by atoms with Crippen LogP contribution in [-0.4, -0.2) is 87.0 Å². The normalized spacial score (nSPS) is 18.2. The molecule has 176 valence electrons. The van der Waals surface area contributed by atoms with Gasteiger partial charge in [-0.2, -0.15) is 14.8 Å². The number of benzene rings is 1. The molecule has 10 heteroatoms. The number of imidazole rings is 1. The van der Waals surface area contributed by atoms with Crippen molar-refractivity contribution in [1.29, 1.82) is 0 Å². The van der Waals surface area contributed by atoms with E-state index in [9.17, 15) is 4.79 Å². The average Bonchev–Trinajstić information content (AvgIpc) is 3.52. The van der Waals surface area contributed by atoms with Crippen molar-refractivity contribution in [2.45, 2.75) is 19.3 Å². The van der Waals surface area contributed by atoms with E-state index < -0.39 is 0 Å². The van der Waals surface area contributed by atoms with Crippen LogP contribution >= 0.6 is 0 Å². The molecule has 34 heavy (non-hydrogen) atoms. The van der Waals surface area contributed by atoms with Crippen LogP contribution in [0.3, 0.4) is 0 Å². The number of H-pyrrole nitrogens is 1. The Kier molecular flexibility index (Phi) is 5.46. The van der Waals surface area contributed by atoms with Crippen molar-refractivity contribution in [3.63, 3.8) is 0 Å². The lowest BCUT2D eigenvalue weighted by Crippen LogP contribution is -2.37. The minimum Gasteiger partial charge on any atom is -0.378 e. The zero-order valence-corrected chi connectivity index (χ0v) is 19.3. The molecule has 0 spiro atoms. The van der Waals surface area contributed by atoms with Gasteiger partial charge < -0.3 is 19.5 Å². The molecule has 0 amide bonds. The molecule has 10 nitrogen and oxygen atoms in total. The summed E-state index contributed by atoms with van der Waals surface area (Å²) in [4.78, 5) is 35.0. The van der Waals surface area contributed by atoms with Crippen molar-refractivity contribution in [2.75, 3.05) is 51.3 Å². The Balaban J connectivity index is 1.42. The van der Waals surface area contributed by atoms with E-state index in [0.29, 0.717) is 50.2 Å². The summed E-state index contributed by atoms with van der Waals surface area (Å²) in [7, 11) is 2.13. The van der Waals surface area contributed by atoms with Gasteiger partial charge in [-0.3, -0.25) is 4.79 Å². The molecule has 6 rings (SSSR count). The van der Waals surface area contributed by atoms with E-state index in [-0.39, 0.29) is 5.91 Å². The van der Waals surface area contributed by atoms with Gasteiger partial charge in [-0.25, -0.2) is 9.97 Å². The van der Waals surface area contributed by atoms with Crippen LogP contribution in [0.2, 0.25) is 0 Å². The van der Waals surface area contributed by atoms with Crippen LogP contribution in [0.15, 0.2) is 30.7 Å². The third-order valence-electron chi connectivity index (χ3n) is 6.94. The second kappa shape index (κ2) is 8.77. The highest BCUT2D eigenvalue weighted by Crippen LogP contribution is 2.31. The van der Waals surface area contributed by atoms with E-state index >= 15 is 0 Å². The lowest BCUT2D eigenvalue weighted by molar-refractivity contribution is 0.0843. The Hall–Kier alpha value is -3.37. The molecular weight excluding hydrogens is 432 g/mol. The number of carbonyl (C=O) groups excluding carboxylic acids is 1. The summed E-state index contributed by atoms with van der Waals surface area (Å²) < 4.78 is 7.00. The van der Waals surface area contributed by atoms with E-state index in [1.54, 1.807) is 12.5 Å².